The van der Waals surface area contributed by atoms with Gasteiger partial charge in [0.15, 0.2) is 0 Å². The second-order valence-electron chi connectivity index (χ2n) is 5.72. The van der Waals surface area contributed by atoms with Crippen LogP contribution in [-0.4, -0.2) is 47.0 Å². The van der Waals surface area contributed by atoms with Gasteiger partial charge in [-0.1, -0.05) is 0 Å². The van der Waals surface area contributed by atoms with E-state index >= 15 is 0 Å². The van der Waals surface area contributed by atoms with Gasteiger partial charge in [0.2, 0.25) is 5.91 Å². The van der Waals surface area contributed by atoms with Crippen molar-refractivity contribution in [3.05, 3.63) is 54.4 Å². The third kappa shape index (κ3) is 2.98. The molecule has 1 aliphatic rings. The van der Waals surface area contributed by atoms with Crippen LogP contribution in [0.15, 0.2) is 48.8 Å². The van der Waals surface area contributed by atoms with Crippen molar-refractivity contribution in [1.29, 1.82) is 0 Å². The lowest BCUT2D eigenvalue weighted by molar-refractivity contribution is -0.124. The summed E-state index contributed by atoms with van der Waals surface area (Å²) in [4.78, 5) is 26.2. The van der Waals surface area contributed by atoms with E-state index in [9.17, 15) is 9.59 Å². The first kappa shape index (κ1) is 15.3. The molecule has 2 heterocycles. The van der Waals surface area contributed by atoms with Crippen molar-refractivity contribution < 1.29 is 9.59 Å². The van der Waals surface area contributed by atoms with Crippen LogP contribution in [0, 0.1) is 0 Å². The number of hydrogen-bond acceptors (Lipinski definition) is 3. The molecule has 120 valence electrons. The highest BCUT2D eigenvalue weighted by molar-refractivity contribution is 5.98. The Bertz CT molecular complexity index is 694. The van der Waals surface area contributed by atoms with Crippen molar-refractivity contribution in [3.63, 3.8) is 0 Å². The zero-order valence-electron chi connectivity index (χ0n) is 13.0. The van der Waals surface area contributed by atoms with E-state index < -0.39 is 6.04 Å². The first-order valence-electron chi connectivity index (χ1n) is 7.61. The number of hydrogen-bond donors (Lipinski definition) is 2. The Morgan fingerprint density at radius 3 is 2.43 bits per heavy atom. The first-order valence-corrected chi connectivity index (χ1v) is 7.61. The Hall–Kier alpha value is -2.60. The van der Waals surface area contributed by atoms with Gasteiger partial charge in [0.1, 0.15) is 6.04 Å². The molecule has 0 bridgehead atoms. The van der Waals surface area contributed by atoms with Crippen LogP contribution in [0.25, 0.3) is 5.69 Å². The average molecular weight is 312 g/mol. The van der Waals surface area contributed by atoms with Gasteiger partial charge in [-0.2, -0.15) is 0 Å². The molecule has 6 nitrogen and oxygen atoms in total. The number of carbonyl (C=O) groups excluding carboxylic acids is 2. The van der Waals surface area contributed by atoms with Gasteiger partial charge >= 0.3 is 0 Å². The SMILES string of the molecule is CNC(=O)[C@@H]1C[C@@H](N)CN1C(=O)c1ccc(-n2cccc2)cc1. The largest absolute Gasteiger partial charge is 0.357 e. The summed E-state index contributed by atoms with van der Waals surface area (Å²) in [5.41, 5.74) is 7.47. The van der Waals surface area contributed by atoms with Gasteiger partial charge in [0.05, 0.1) is 0 Å². The molecule has 6 heteroatoms. The van der Waals surface area contributed by atoms with Crippen LogP contribution in [0.1, 0.15) is 16.8 Å². The molecular weight excluding hydrogens is 292 g/mol. The van der Waals surface area contributed by atoms with Gasteiger partial charge in [0.25, 0.3) is 5.91 Å². The molecule has 2 aromatic rings. The van der Waals surface area contributed by atoms with E-state index in [1.54, 1.807) is 24.1 Å². The molecule has 1 aromatic carbocycles. The minimum atomic E-state index is -0.494. The van der Waals surface area contributed by atoms with Crippen molar-refractivity contribution >= 4 is 11.8 Å². The minimum absolute atomic E-state index is 0.161. The Morgan fingerprint density at radius 1 is 1.17 bits per heavy atom. The number of nitrogens with one attached hydrogen (secondary N) is 1. The molecular formula is C17H20N4O2. The molecule has 0 aliphatic carbocycles. The van der Waals surface area contributed by atoms with E-state index in [1.807, 2.05) is 41.2 Å². The number of aromatic nitrogens is 1. The van der Waals surface area contributed by atoms with E-state index in [4.69, 9.17) is 5.73 Å². The first-order chi connectivity index (χ1) is 11.1. The summed E-state index contributed by atoms with van der Waals surface area (Å²) in [6.07, 6.45) is 4.38. The lowest BCUT2D eigenvalue weighted by Gasteiger charge is -2.23. The molecule has 2 amide bonds. The number of carbonyl (C=O) groups is 2. The van der Waals surface area contributed by atoms with Crippen LogP contribution in [0.3, 0.4) is 0 Å². The van der Waals surface area contributed by atoms with E-state index in [-0.39, 0.29) is 17.9 Å². The van der Waals surface area contributed by atoms with Crippen molar-refractivity contribution in [2.45, 2.75) is 18.5 Å². The van der Waals surface area contributed by atoms with Crippen LogP contribution in [0.2, 0.25) is 0 Å². The number of likely N-dealkylation sites (tertiary alicyclic amines) is 1. The van der Waals surface area contributed by atoms with Crippen molar-refractivity contribution in [2.24, 2.45) is 5.73 Å². The van der Waals surface area contributed by atoms with Gasteiger partial charge in [-0.25, -0.2) is 0 Å². The van der Waals surface area contributed by atoms with E-state index in [1.165, 1.54) is 0 Å². The van der Waals surface area contributed by atoms with Crippen molar-refractivity contribution in [2.75, 3.05) is 13.6 Å². The van der Waals surface area contributed by atoms with Crippen LogP contribution < -0.4 is 11.1 Å². The second-order valence-corrected chi connectivity index (χ2v) is 5.72. The fourth-order valence-electron chi connectivity index (χ4n) is 2.96. The van der Waals surface area contributed by atoms with Gasteiger partial charge < -0.3 is 20.5 Å². The van der Waals surface area contributed by atoms with E-state index in [2.05, 4.69) is 5.32 Å². The molecule has 23 heavy (non-hydrogen) atoms. The van der Waals surface area contributed by atoms with Crippen LogP contribution >= 0.6 is 0 Å². The molecule has 3 N–H and O–H groups in total. The van der Waals surface area contributed by atoms with Gasteiger partial charge in [-0.3, -0.25) is 9.59 Å². The number of nitrogens with two attached hydrogens (primary N) is 1. The Morgan fingerprint density at radius 2 is 1.83 bits per heavy atom. The summed E-state index contributed by atoms with van der Waals surface area (Å²) in [6.45, 7) is 0.399. The highest BCUT2D eigenvalue weighted by Crippen LogP contribution is 2.20. The summed E-state index contributed by atoms with van der Waals surface area (Å²) in [7, 11) is 1.57. The van der Waals surface area contributed by atoms with Crippen LogP contribution in [-0.2, 0) is 4.79 Å². The monoisotopic (exact) mass is 312 g/mol. The molecule has 0 radical (unpaired) electrons. The summed E-state index contributed by atoms with van der Waals surface area (Å²) in [5, 5.41) is 2.60. The fourth-order valence-corrected chi connectivity index (χ4v) is 2.96. The summed E-state index contributed by atoms with van der Waals surface area (Å²) in [5.74, 6) is -0.333. The second kappa shape index (κ2) is 6.26. The number of amides is 2. The summed E-state index contributed by atoms with van der Waals surface area (Å²) < 4.78 is 1.97. The predicted octanol–water partition coefficient (Wildman–Crippen LogP) is 0.765. The van der Waals surface area contributed by atoms with Crippen LogP contribution in [0.4, 0.5) is 0 Å². The number of nitrogens with zero attached hydrogens (tertiary/aromatic N) is 2. The number of likely N-dealkylation sites (N-methyl/N-ethyl adjacent to an activating group) is 1. The third-order valence-electron chi connectivity index (χ3n) is 4.16. The molecule has 1 saturated heterocycles. The smallest absolute Gasteiger partial charge is 0.254 e. The zero-order valence-corrected chi connectivity index (χ0v) is 13.0. The summed E-state index contributed by atoms with van der Waals surface area (Å²) >= 11 is 0. The molecule has 0 saturated carbocycles. The lowest BCUT2D eigenvalue weighted by Crippen LogP contribution is -2.45. The standard InChI is InChI=1S/C17H20N4O2/c1-19-16(22)15-10-13(18)11-21(15)17(23)12-4-6-14(7-5-12)20-8-2-3-9-20/h2-9,13,15H,10-11,18H2,1H3,(H,19,22)/t13-,15+/m1/s1. The van der Waals surface area contributed by atoms with Crippen molar-refractivity contribution in [1.82, 2.24) is 14.8 Å². The normalized spacial score (nSPS) is 20.5. The van der Waals surface area contributed by atoms with Gasteiger partial charge in [0, 0.05) is 43.3 Å². The zero-order chi connectivity index (χ0) is 16.4. The molecule has 0 unspecified atom stereocenters. The molecule has 1 fully saturated rings. The maximum absolute atomic E-state index is 12.7. The summed E-state index contributed by atoms with van der Waals surface area (Å²) in [6, 6.07) is 10.6. The Labute approximate surface area is 134 Å². The van der Waals surface area contributed by atoms with Gasteiger partial charge in [-0.15, -0.1) is 0 Å². The van der Waals surface area contributed by atoms with E-state index in [0.29, 0.717) is 18.5 Å². The molecule has 1 aromatic heterocycles. The number of benzene rings is 1. The quantitative estimate of drug-likeness (QED) is 0.878. The van der Waals surface area contributed by atoms with E-state index in [0.717, 1.165) is 5.69 Å². The fraction of sp³-hybridized carbons (Fsp3) is 0.294. The highest BCUT2D eigenvalue weighted by atomic mass is 16.2. The predicted molar refractivity (Wildman–Crippen MR) is 87.3 cm³/mol. The molecule has 2 atom stereocenters. The maximum atomic E-state index is 12.7. The molecule has 3 rings (SSSR count). The molecule has 1 aliphatic heterocycles. The van der Waals surface area contributed by atoms with Crippen molar-refractivity contribution in [3.8, 4) is 5.69 Å². The Balaban J connectivity index is 1.80. The number of rotatable bonds is 3. The lowest BCUT2D eigenvalue weighted by atomic mass is 10.1. The van der Waals surface area contributed by atoms with Gasteiger partial charge in [-0.05, 0) is 42.8 Å². The average Bonchev–Trinajstić information content (AvgIpc) is 3.23. The highest BCUT2D eigenvalue weighted by Gasteiger charge is 2.37. The molecule has 0 spiro atoms. The minimum Gasteiger partial charge on any atom is -0.357 e. The third-order valence-corrected chi connectivity index (χ3v) is 4.16. The topological polar surface area (TPSA) is 80.4 Å². The van der Waals surface area contributed by atoms with Crippen LogP contribution in [0.5, 0.6) is 0 Å². The Kier molecular flexibility index (Phi) is 4.16. The maximum Gasteiger partial charge on any atom is 0.254 e.